The number of nitrogens with zero attached hydrogens (tertiary/aromatic N) is 2. The van der Waals surface area contributed by atoms with Gasteiger partial charge < -0.3 is 0 Å². The molecule has 5 heteroatoms. The highest BCUT2D eigenvalue weighted by Crippen LogP contribution is 2.34. The Labute approximate surface area is 173 Å². The SMILES string of the molecule is Cc1cc(C)cc(C(=O)N(Cc2ccccc2)c2nc3c(Cl)cccc3s2)c1. The predicted octanol–water partition coefficient (Wildman–Crippen LogP) is 6.41. The standard InChI is InChI=1S/C23H19ClN2OS/c1-15-11-16(2)13-18(12-15)22(27)26(14-17-7-4-3-5-8-17)23-25-21-19(24)9-6-10-20(21)28-23/h3-13H,14H2,1-2H3. The maximum atomic E-state index is 13.5. The summed E-state index contributed by atoms with van der Waals surface area (Å²) in [5.74, 6) is -0.0640. The second kappa shape index (κ2) is 7.74. The van der Waals surface area contributed by atoms with E-state index in [1.54, 1.807) is 4.90 Å². The van der Waals surface area contributed by atoms with E-state index in [0.29, 0.717) is 22.3 Å². The summed E-state index contributed by atoms with van der Waals surface area (Å²) in [5, 5.41) is 1.25. The van der Waals surface area contributed by atoms with Crippen LogP contribution < -0.4 is 4.90 Å². The molecule has 1 aromatic heterocycles. The van der Waals surface area contributed by atoms with Crippen molar-refractivity contribution in [3.63, 3.8) is 0 Å². The van der Waals surface area contributed by atoms with E-state index in [9.17, 15) is 4.79 Å². The molecule has 0 aliphatic carbocycles. The molecular weight excluding hydrogens is 388 g/mol. The summed E-state index contributed by atoms with van der Waals surface area (Å²) in [7, 11) is 0. The molecule has 4 aromatic rings. The van der Waals surface area contributed by atoms with Crippen LogP contribution in [0.1, 0.15) is 27.0 Å². The number of carbonyl (C=O) groups excluding carboxylic acids is 1. The van der Waals surface area contributed by atoms with Gasteiger partial charge in [0.25, 0.3) is 5.91 Å². The highest BCUT2D eigenvalue weighted by molar-refractivity contribution is 7.22. The summed E-state index contributed by atoms with van der Waals surface area (Å²) >= 11 is 7.79. The molecule has 0 bridgehead atoms. The number of anilines is 1. The molecule has 1 amide bonds. The zero-order valence-corrected chi connectivity index (χ0v) is 17.2. The minimum atomic E-state index is -0.0640. The van der Waals surface area contributed by atoms with Crippen LogP contribution in [0.3, 0.4) is 0 Å². The third-order valence-corrected chi connectivity index (χ3v) is 5.84. The molecule has 140 valence electrons. The Morgan fingerprint density at radius 1 is 1.00 bits per heavy atom. The van der Waals surface area contributed by atoms with Crippen LogP contribution in [0, 0.1) is 13.8 Å². The number of aromatic nitrogens is 1. The van der Waals surface area contributed by atoms with E-state index >= 15 is 0 Å². The Bertz CT molecular complexity index is 1130. The largest absolute Gasteiger partial charge is 0.279 e. The topological polar surface area (TPSA) is 33.2 Å². The van der Waals surface area contributed by atoms with Gasteiger partial charge in [-0.1, -0.05) is 76.5 Å². The first kappa shape index (κ1) is 18.7. The van der Waals surface area contributed by atoms with E-state index in [1.165, 1.54) is 11.3 Å². The summed E-state index contributed by atoms with van der Waals surface area (Å²) < 4.78 is 0.966. The minimum absolute atomic E-state index is 0.0640. The lowest BCUT2D eigenvalue weighted by atomic mass is 10.1. The lowest BCUT2D eigenvalue weighted by Crippen LogP contribution is -2.30. The second-order valence-corrected chi connectivity index (χ2v) is 8.25. The van der Waals surface area contributed by atoms with Crippen molar-refractivity contribution in [3.8, 4) is 0 Å². The Kier molecular flexibility index (Phi) is 5.16. The number of hydrogen-bond acceptors (Lipinski definition) is 3. The van der Waals surface area contributed by atoms with Crippen molar-refractivity contribution in [1.29, 1.82) is 0 Å². The van der Waals surface area contributed by atoms with Crippen molar-refractivity contribution in [3.05, 3.63) is 94.0 Å². The normalized spacial score (nSPS) is 11.0. The van der Waals surface area contributed by atoms with Crippen LogP contribution in [0.4, 0.5) is 5.13 Å². The minimum Gasteiger partial charge on any atom is -0.279 e. The number of thiazole rings is 1. The number of halogens is 1. The van der Waals surface area contributed by atoms with Crippen LogP contribution in [0.25, 0.3) is 10.2 Å². The molecule has 0 aliphatic heterocycles. The molecule has 4 rings (SSSR count). The van der Waals surface area contributed by atoms with Crippen molar-refractivity contribution in [2.24, 2.45) is 0 Å². The molecule has 0 aliphatic rings. The number of benzene rings is 3. The predicted molar refractivity (Wildman–Crippen MR) is 118 cm³/mol. The zero-order valence-electron chi connectivity index (χ0n) is 15.6. The molecule has 0 saturated heterocycles. The van der Waals surface area contributed by atoms with Gasteiger partial charge in [-0.25, -0.2) is 4.98 Å². The summed E-state index contributed by atoms with van der Waals surface area (Å²) in [6.07, 6.45) is 0. The van der Waals surface area contributed by atoms with Gasteiger partial charge in [0.15, 0.2) is 5.13 Å². The zero-order chi connectivity index (χ0) is 19.7. The van der Waals surface area contributed by atoms with Crippen LogP contribution >= 0.6 is 22.9 Å². The fraction of sp³-hybridized carbons (Fsp3) is 0.130. The number of para-hydroxylation sites is 1. The van der Waals surface area contributed by atoms with Crippen LogP contribution in [0.5, 0.6) is 0 Å². The third-order valence-electron chi connectivity index (χ3n) is 4.49. The second-order valence-electron chi connectivity index (χ2n) is 6.84. The fourth-order valence-corrected chi connectivity index (χ4v) is 4.53. The third kappa shape index (κ3) is 3.79. The van der Waals surface area contributed by atoms with Crippen LogP contribution in [0.2, 0.25) is 5.02 Å². The van der Waals surface area contributed by atoms with Gasteiger partial charge in [-0.05, 0) is 43.7 Å². The van der Waals surface area contributed by atoms with E-state index in [4.69, 9.17) is 16.6 Å². The van der Waals surface area contributed by atoms with Gasteiger partial charge in [0.05, 0.1) is 16.3 Å². The van der Waals surface area contributed by atoms with E-state index in [0.717, 1.165) is 26.9 Å². The smallest absolute Gasteiger partial charge is 0.260 e. The van der Waals surface area contributed by atoms with E-state index in [-0.39, 0.29) is 5.91 Å². The maximum Gasteiger partial charge on any atom is 0.260 e. The number of rotatable bonds is 4. The molecule has 28 heavy (non-hydrogen) atoms. The molecule has 1 heterocycles. The van der Waals surface area contributed by atoms with Gasteiger partial charge in [-0.3, -0.25) is 9.69 Å². The van der Waals surface area contributed by atoms with Crippen molar-refractivity contribution in [2.75, 3.05) is 4.90 Å². The molecule has 0 spiro atoms. The molecule has 3 aromatic carbocycles. The highest BCUT2D eigenvalue weighted by Gasteiger charge is 2.22. The van der Waals surface area contributed by atoms with Gasteiger partial charge >= 0.3 is 0 Å². The molecule has 0 unspecified atom stereocenters. The number of aryl methyl sites for hydroxylation is 2. The Hall–Kier alpha value is -2.69. The lowest BCUT2D eigenvalue weighted by molar-refractivity contribution is 0.0985. The van der Waals surface area contributed by atoms with Crippen LogP contribution in [0.15, 0.2) is 66.7 Å². The number of hydrogen-bond donors (Lipinski definition) is 0. The molecule has 0 saturated carbocycles. The fourth-order valence-electron chi connectivity index (χ4n) is 3.26. The number of fused-ring (bicyclic) bond motifs is 1. The molecular formula is C23H19ClN2OS. The van der Waals surface area contributed by atoms with Crippen molar-refractivity contribution < 1.29 is 4.79 Å². The first-order chi connectivity index (χ1) is 13.5. The van der Waals surface area contributed by atoms with Gasteiger partial charge in [0, 0.05) is 5.56 Å². The summed E-state index contributed by atoms with van der Waals surface area (Å²) in [5.41, 5.74) is 4.57. The van der Waals surface area contributed by atoms with E-state index < -0.39 is 0 Å². The number of amides is 1. The van der Waals surface area contributed by atoms with Crippen molar-refractivity contribution in [2.45, 2.75) is 20.4 Å². The first-order valence-corrected chi connectivity index (χ1v) is 10.2. The monoisotopic (exact) mass is 406 g/mol. The highest BCUT2D eigenvalue weighted by atomic mass is 35.5. The average Bonchev–Trinajstić information content (AvgIpc) is 3.11. The summed E-state index contributed by atoms with van der Waals surface area (Å²) in [4.78, 5) is 19.9. The van der Waals surface area contributed by atoms with Crippen molar-refractivity contribution >= 4 is 44.2 Å². The van der Waals surface area contributed by atoms with Gasteiger partial charge in [-0.2, -0.15) is 0 Å². The van der Waals surface area contributed by atoms with E-state index in [1.807, 2.05) is 74.5 Å². The molecule has 0 radical (unpaired) electrons. The average molecular weight is 407 g/mol. The first-order valence-electron chi connectivity index (χ1n) is 9.00. The van der Waals surface area contributed by atoms with Crippen molar-refractivity contribution in [1.82, 2.24) is 4.98 Å². The summed E-state index contributed by atoms with van der Waals surface area (Å²) in [6.45, 7) is 4.45. The van der Waals surface area contributed by atoms with Gasteiger partial charge in [-0.15, -0.1) is 0 Å². The maximum absolute atomic E-state index is 13.5. The molecule has 0 N–H and O–H groups in total. The molecule has 3 nitrogen and oxygen atoms in total. The molecule has 0 fully saturated rings. The van der Waals surface area contributed by atoms with E-state index in [2.05, 4.69) is 6.07 Å². The number of carbonyl (C=O) groups is 1. The van der Waals surface area contributed by atoms with Gasteiger partial charge in [0.1, 0.15) is 5.52 Å². The Balaban J connectivity index is 1.80. The quantitative estimate of drug-likeness (QED) is 0.392. The summed E-state index contributed by atoms with van der Waals surface area (Å²) in [6, 6.07) is 21.6. The molecule has 0 atom stereocenters. The lowest BCUT2D eigenvalue weighted by Gasteiger charge is -2.20. The van der Waals surface area contributed by atoms with Crippen LogP contribution in [-0.4, -0.2) is 10.9 Å². The Morgan fingerprint density at radius 2 is 1.71 bits per heavy atom. The van der Waals surface area contributed by atoms with Crippen LogP contribution in [-0.2, 0) is 6.54 Å². The Morgan fingerprint density at radius 3 is 2.39 bits per heavy atom. The van der Waals surface area contributed by atoms with Gasteiger partial charge in [0.2, 0.25) is 0 Å².